The van der Waals surface area contributed by atoms with Gasteiger partial charge in [-0.25, -0.2) is 34.9 Å². The number of hydrogen-bond acceptors (Lipinski definition) is 8. The molecule has 326 valence electrons. The Labute approximate surface area is 396 Å². The number of hydrogen-bond donors (Lipinski definition) is 0. The summed E-state index contributed by atoms with van der Waals surface area (Å²) >= 11 is 0. The molecular formula is C59H40N10. The summed E-state index contributed by atoms with van der Waals surface area (Å²) < 4.78 is 4.56. The third-order valence-electron chi connectivity index (χ3n) is 12.8. The van der Waals surface area contributed by atoms with Gasteiger partial charge in [0.2, 0.25) is 0 Å². The van der Waals surface area contributed by atoms with Gasteiger partial charge in [0.05, 0.1) is 27.8 Å². The van der Waals surface area contributed by atoms with Crippen molar-refractivity contribution in [1.82, 2.24) is 39.0 Å². The quantitative estimate of drug-likeness (QED) is 0.151. The van der Waals surface area contributed by atoms with E-state index in [1.165, 1.54) is 0 Å². The topological polar surface area (TPSA) is 102 Å². The third-order valence-corrected chi connectivity index (χ3v) is 12.8. The first kappa shape index (κ1) is 39.9. The minimum atomic E-state index is -0.439. The van der Waals surface area contributed by atoms with E-state index in [0.717, 1.165) is 89.0 Å². The Kier molecular flexibility index (Phi) is 9.53. The Morgan fingerprint density at radius 3 is 1.58 bits per heavy atom. The average molecular weight is 889 g/mol. The molecule has 1 aliphatic heterocycles. The fraction of sp³-hybridized carbons (Fsp3) is 0.0339. The summed E-state index contributed by atoms with van der Waals surface area (Å²) in [6.45, 7) is 0. The molecule has 69 heavy (non-hydrogen) atoms. The molecule has 0 spiro atoms. The first-order chi connectivity index (χ1) is 34.1. The monoisotopic (exact) mass is 888 g/mol. The maximum absolute atomic E-state index is 5.47. The minimum absolute atomic E-state index is 0.439. The third kappa shape index (κ3) is 6.84. The molecule has 0 N–H and O–H groups in total. The maximum Gasteiger partial charge on any atom is 0.182 e. The van der Waals surface area contributed by atoms with E-state index in [-0.39, 0.29) is 0 Å². The largest absolute Gasteiger partial charge is 0.332 e. The maximum atomic E-state index is 5.47. The van der Waals surface area contributed by atoms with Crippen molar-refractivity contribution in [3.05, 3.63) is 235 Å². The molecular weight excluding hydrogens is 849 g/mol. The van der Waals surface area contributed by atoms with Crippen LogP contribution in [0.15, 0.2) is 228 Å². The molecule has 7 aromatic carbocycles. The summed E-state index contributed by atoms with van der Waals surface area (Å²) in [4.78, 5) is 38.4. The van der Waals surface area contributed by atoms with E-state index in [0.29, 0.717) is 29.0 Å². The SMILES string of the molecule is CN1C(c2ccccc2)=NC(c2ccccc2)=NC1c1cccc(-n2c3ccccc3c3c2ccc2c4ccccc4n(-c4cccc(-c5nc(-c6ccccc6)nc(-c6ccccc6)n5)n4)c23)n1. The van der Waals surface area contributed by atoms with Crippen molar-refractivity contribution in [2.75, 3.05) is 7.05 Å². The highest BCUT2D eigenvalue weighted by molar-refractivity contribution is 6.26. The van der Waals surface area contributed by atoms with Crippen LogP contribution in [0.2, 0.25) is 0 Å². The summed E-state index contributed by atoms with van der Waals surface area (Å²) in [5, 5.41) is 4.43. The van der Waals surface area contributed by atoms with Crippen LogP contribution in [-0.4, -0.2) is 57.7 Å². The number of pyridine rings is 2. The van der Waals surface area contributed by atoms with Gasteiger partial charge in [0, 0.05) is 50.8 Å². The number of para-hydroxylation sites is 2. The van der Waals surface area contributed by atoms with Crippen LogP contribution in [0.5, 0.6) is 0 Å². The highest BCUT2D eigenvalue weighted by Gasteiger charge is 2.29. The van der Waals surface area contributed by atoms with E-state index >= 15 is 0 Å². The van der Waals surface area contributed by atoms with Crippen LogP contribution in [-0.2, 0) is 0 Å². The van der Waals surface area contributed by atoms with E-state index in [4.69, 9.17) is 34.9 Å². The van der Waals surface area contributed by atoms with E-state index < -0.39 is 6.17 Å². The molecule has 1 unspecified atom stereocenters. The van der Waals surface area contributed by atoms with Gasteiger partial charge in [-0.3, -0.25) is 9.13 Å². The average Bonchev–Trinajstić information content (AvgIpc) is 3.95. The molecule has 0 saturated carbocycles. The van der Waals surface area contributed by atoms with Crippen LogP contribution in [0, 0.1) is 0 Å². The van der Waals surface area contributed by atoms with Crippen molar-refractivity contribution in [1.29, 1.82) is 0 Å². The molecule has 0 amide bonds. The Morgan fingerprint density at radius 2 is 0.913 bits per heavy atom. The Morgan fingerprint density at radius 1 is 0.377 bits per heavy atom. The lowest BCUT2D eigenvalue weighted by Gasteiger charge is -2.32. The molecule has 0 radical (unpaired) electrons. The molecule has 1 atom stereocenters. The molecule has 0 aliphatic carbocycles. The molecule has 0 bridgehead atoms. The van der Waals surface area contributed by atoms with Crippen molar-refractivity contribution >= 4 is 55.3 Å². The van der Waals surface area contributed by atoms with Gasteiger partial charge in [-0.15, -0.1) is 0 Å². The van der Waals surface area contributed by atoms with Gasteiger partial charge in [-0.05, 0) is 42.5 Å². The molecule has 10 heteroatoms. The smallest absolute Gasteiger partial charge is 0.182 e. The van der Waals surface area contributed by atoms with Gasteiger partial charge in [-0.2, -0.15) is 0 Å². The first-order valence-corrected chi connectivity index (χ1v) is 22.9. The molecule has 10 nitrogen and oxygen atoms in total. The standard InChI is InChI=1S/C59H40N10/c1-67-58(41-26-12-5-13-27-41)65-56(40-24-10-4-11-25-40)66-59(67)46-31-19-34-50(61-46)68-48-33-17-15-29-44(48)52-49(68)37-36-43-42-28-14-16-32-47(42)69(53(43)52)51-35-18-30-45(60-51)57-63-54(38-20-6-2-7-21-38)62-55(64-57)39-22-8-3-9-23-39/h2-37,59H,1H3. The van der Waals surface area contributed by atoms with Crippen LogP contribution < -0.4 is 0 Å². The molecule has 13 rings (SSSR count). The fourth-order valence-electron chi connectivity index (χ4n) is 9.67. The minimum Gasteiger partial charge on any atom is -0.332 e. The molecule has 6 heterocycles. The van der Waals surface area contributed by atoms with E-state index in [9.17, 15) is 0 Å². The number of aliphatic imine (C=N–C) groups is 2. The second-order valence-electron chi connectivity index (χ2n) is 17.0. The summed E-state index contributed by atoms with van der Waals surface area (Å²) in [5.74, 6) is 4.68. The number of rotatable bonds is 8. The van der Waals surface area contributed by atoms with Crippen molar-refractivity contribution in [2.45, 2.75) is 6.17 Å². The van der Waals surface area contributed by atoms with Gasteiger partial charge in [0.15, 0.2) is 29.5 Å². The first-order valence-electron chi connectivity index (χ1n) is 22.9. The number of aromatic nitrogens is 7. The van der Waals surface area contributed by atoms with Crippen molar-refractivity contribution < 1.29 is 0 Å². The molecule has 5 aromatic heterocycles. The van der Waals surface area contributed by atoms with Gasteiger partial charge in [0.25, 0.3) is 0 Å². The summed E-state index contributed by atoms with van der Waals surface area (Å²) in [6.07, 6.45) is -0.439. The van der Waals surface area contributed by atoms with Crippen LogP contribution in [0.1, 0.15) is 23.0 Å². The number of benzene rings is 7. The number of fused-ring (bicyclic) bond motifs is 7. The molecule has 0 saturated heterocycles. The molecule has 0 fully saturated rings. The number of nitrogens with zero attached hydrogens (tertiary/aromatic N) is 10. The Hall–Kier alpha value is -9.41. The summed E-state index contributed by atoms with van der Waals surface area (Å²) in [6, 6.07) is 74.4. The summed E-state index contributed by atoms with van der Waals surface area (Å²) in [5.41, 5.74) is 9.33. The molecule has 12 aromatic rings. The van der Waals surface area contributed by atoms with Gasteiger partial charge >= 0.3 is 0 Å². The fourth-order valence-corrected chi connectivity index (χ4v) is 9.67. The second-order valence-corrected chi connectivity index (χ2v) is 17.0. The van der Waals surface area contributed by atoms with Crippen molar-refractivity contribution in [2.24, 2.45) is 9.98 Å². The highest BCUT2D eigenvalue weighted by atomic mass is 15.3. The number of amidine groups is 2. The lowest BCUT2D eigenvalue weighted by atomic mass is 10.1. The highest BCUT2D eigenvalue weighted by Crippen LogP contribution is 2.42. The van der Waals surface area contributed by atoms with Crippen LogP contribution >= 0.6 is 0 Å². The zero-order valence-electron chi connectivity index (χ0n) is 37.3. The molecule has 1 aliphatic rings. The normalized spacial score (nSPS) is 13.9. The van der Waals surface area contributed by atoms with Gasteiger partial charge in [-0.1, -0.05) is 176 Å². The van der Waals surface area contributed by atoms with Crippen LogP contribution in [0.25, 0.3) is 89.5 Å². The lowest BCUT2D eigenvalue weighted by molar-refractivity contribution is 0.375. The predicted molar refractivity (Wildman–Crippen MR) is 277 cm³/mol. The van der Waals surface area contributed by atoms with E-state index in [2.05, 4.69) is 123 Å². The van der Waals surface area contributed by atoms with E-state index in [1.807, 2.05) is 116 Å². The van der Waals surface area contributed by atoms with Crippen LogP contribution in [0.4, 0.5) is 0 Å². The predicted octanol–water partition coefficient (Wildman–Crippen LogP) is 12.7. The second kappa shape index (κ2) is 16.5. The summed E-state index contributed by atoms with van der Waals surface area (Å²) in [7, 11) is 2.04. The Balaban J connectivity index is 0.993. The van der Waals surface area contributed by atoms with Gasteiger partial charge < -0.3 is 4.90 Å². The zero-order valence-corrected chi connectivity index (χ0v) is 37.3. The Bertz CT molecular complexity index is 3920. The van der Waals surface area contributed by atoms with E-state index in [1.54, 1.807) is 0 Å². The zero-order chi connectivity index (χ0) is 45.8. The van der Waals surface area contributed by atoms with Crippen LogP contribution in [0.3, 0.4) is 0 Å². The lowest BCUT2D eigenvalue weighted by Crippen LogP contribution is -2.36. The van der Waals surface area contributed by atoms with Crippen molar-refractivity contribution in [3.63, 3.8) is 0 Å². The van der Waals surface area contributed by atoms with Gasteiger partial charge in [0.1, 0.15) is 23.2 Å². The van der Waals surface area contributed by atoms with Crippen molar-refractivity contribution in [3.8, 4) is 45.9 Å².